The first kappa shape index (κ1) is 14.4. The average Bonchev–Trinajstić information content (AvgIpc) is 2.37. The molecule has 0 fully saturated rings. The second-order valence-electron chi connectivity index (χ2n) is 4.85. The molecule has 0 aliphatic rings. The monoisotopic (exact) mass is 293 g/mol. The normalized spacial score (nSPS) is 12.5. The summed E-state index contributed by atoms with van der Waals surface area (Å²) in [5.41, 5.74) is 10.8. The van der Waals surface area contributed by atoms with Crippen molar-refractivity contribution in [3.05, 3.63) is 68.7 Å². The lowest BCUT2D eigenvalue weighted by Crippen LogP contribution is -2.14. The molecule has 0 aliphatic carbocycles. The zero-order valence-corrected chi connectivity index (χ0v) is 12.6. The maximum Gasteiger partial charge on any atom is 0.0453 e. The van der Waals surface area contributed by atoms with Gasteiger partial charge in [-0.2, -0.15) is 0 Å². The van der Waals surface area contributed by atoms with E-state index >= 15 is 0 Å². The van der Waals surface area contributed by atoms with Gasteiger partial charge < -0.3 is 5.73 Å². The number of hydrogen-bond donors (Lipinski definition) is 1. The summed E-state index contributed by atoms with van der Waals surface area (Å²) in [7, 11) is 0. The number of benzene rings is 2. The van der Waals surface area contributed by atoms with Gasteiger partial charge in [-0.3, -0.25) is 0 Å². The van der Waals surface area contributed by atoms with Crippen LogP contribution < -0.4 is 5.73 Å². The Hall–Kier alpha value is -1.02. The molecule has 2 N–H and O–H groups in total. The summed E-state index contributed by atoms with van der Waals surface area (Å²) in [6.07, 6.45) is 0.640. The predicted molar refractivity (Wildman–Crippen MR) is 83.0 cm³/mol. The average molecular weight is 294 g/mol. The van der Waals surface area contributed by atoms with Crippen LogP contribution in [0.1, 0.15) is 28.3 Å². The first-order chi connectivity index (χ1) is 8.99. The van der Waals surface area contributed by atoms with Crippen LogP contribution in [0.4, 0.5) is 0 Å². The van der Waals surface area contributed by atoms with Crippen molar-refractivity contribution in [1.29, 1.82) is 0 Å². The first-order valence-corrected chi connectivity index (χ1v) is 7.00. The van der Waals surface area contributed by atoms with Crippen LogP contribution in [0.5, 0.6) is 0 Å². The Morgan fingerprint density at radius 3 is 2.21 bits per heavy atom. The largest absolute Gasteiger partial charge is 0.324 e. The topological polar surface area (TPSA) is 26.0 Å². The summed E-state index contributed by atoms with van der Waals surface area (Å²) in [4.78, 5) is 0. The minimum atomic E-state index is -0.100. The molecule has 0 heterocycles. The van der Waals surface area contributed by atoms with Gasteiger partial charge in [-0.1, -0.05) is 47.5 Å². The fourth-order valence-electron chi connectivity index (χ4n) is 2.06. The fourth-order valence-corrected chi connectivity index (χ4v) is 2.61. The number of aryl methyl sites for hydroxylation is 2. The molecule has 0 saturated carbocycles. The van der Waals surface area contributed by atoms with Crippen LogP contribution >= 0.6 is 23.2 Å². The van der Waals surface area contributed by atoms with E-state index in [-0.39, 0.29) is 6.04 Å². The third-order valence-electron chi connectivity index (χ3n) is 3.44. The molecule has 0 aromatic heterocycles. The lowest BCUT2D eigenvalue weighted by molar-refractivity contribution is 0.721. The summed E-state index contributed by atoms with van der Waals surface area (Å²) in [6, 6.07) is 11.7. The van der Waals surface area contributed by atoms with E-state index in [0.29, 0.717) is 16.5 Å². The van der Waals surface area contributed by atoms with Gasteiger partial charge in [0.1, 0.15) is 0 Å². The van der Waals surface area contributed by atoms with E-state index in [1.807, 2.05) is 18.2 Å². The lowest BCUT2D eigenvalue weighted by Gasteiger charge is -2.15. The molecule has 0 spiro atoms. The van der Waals surface area contributed by atoms with E-state index in [9.17, 15) is 0 Å². The summed E-state index contributed by atoms with van der Waals surface area (Å²) >= 11 is 12.4. The minimum absolute atomic E-state index is 0.100. The second kappa shape index (κ2) is 5.96. The molecule has 19 heavy (non-hydrogen) atoms. The van der Waals surface area contributed by atoms with Gasteiger partial charge in [-0.05, 0) is 54.7 Å². The molecule has 1 nitrogen and oxygen atoms in total. The Balaban J connectivity index is 2.25. The molecule has 0 saturated heterocycles. The number of nitrogens with two attached hydrogens (primary N) is 1. The zero-order chi connectivity index (χ0) is 14.0. The molecular weight excluding hydrogens is 277 g/mol. The Morgan fingerprint density at radius 2 is 1.63 bits per heavy atom. The van der Waals surface area contributed by atoms with Crippen molar-refractivity contribution in [2.75, 3.05) is 0 Å². The molecule has 0 bridgehead atoms. The van der Waals surface area contributed by atoms with Crippen molar-refractivity contribution in [3.63, 3.8) is 0 Å². The zero-order valence-electron chi connectivity index (χ0n) is 11.1. The van der Waals surface area contributed by atoms with Gasteiger partial charge in [-0.25, -0.2) is 0 Å². The van der Waals surface area contributed by atoms with Crippen LogP contribution in [0.25, 0.3) is 0 Å². The van der Waals surface area contributed by atoms with Gasteiger partial charge in [0.15, 0.2) is 0 Å². The molecule has 2 aromatic rings. The van der Waals surface area contributed by atoms with Gasteiger partial charge in [0.25, 0.3) is 0 Å². The highest BCUT2D eigenvalue weighted by Crippen LogP contribution is 2.28. The van der Waals surface area contributed by atoms with Crippen molar-refractivity contribution in [2.45, 2.75) is 26.3 Å². The maximum absolute atomic E-state index is 6.27. The van der Waals surface area contributed by atoms with Crippen LogP contribution in [0, 0.1) is 13.8 Å². The van der Waals surface area contributed by atoms with Crippen molar-refractivity contribution < 1.29 is 0 Å². The van der Waals surface area contributed by atoms with Gasteiger partial charge in [0, 0.05) is 16.1 Å². The molecule has 0 amide bonds. The number of rotatable bonds is 3. The SMILES string of the molecule is Cc1ccc(C(N)Cc2c(Cl)cccc2Cl)cc1C. The van der Waals surface area contributed by atoms with Crippen molar-refractivity contribution in [1.82, 2.24) is 0 Å². The van der Waals surface area contributed by atoms with E-state index < -0.39 is 0 Å². The molecule has 3 heteroatoms. The summed E-state index contributed by atoms with van der Waals surface area (Å²) in [5, 5.41) is 1.35. The predicted octanol–water partition coefficient (Wildman–Crippen LogP) is 4.85. The molecular formula is C16H17Cl2N. The van der Waals surface area contributed by atoms with Crippen LogP contribution in [-0.4, -0.2) is 0 Å². The standard InChI is InChI=1S/C16H17Cl2N/c1-10-6-7-12(8-11(10)2)16(19)9-13-14(17)4-3-5-15(13)18/h3-8,16H,9,19H2,1-2H3. The van der Waals surface area contributed by atoms with Crippen molar-refractivity contribution in [3.8, 4) is 0 Å². The van der Waals surface area contributed by atoms with E-state index in [0.717, 1.165) is 11.1 Å². The quantitative estimate of drug-likeness (QED) is 0.860. The Labute approximate surface area is 124 Å². The van der Waals surface area contributed by atoms with Gasteiger partial charge in [0.05, 0.1) is 0 Å². The van der Waals surface area contributed by atoms with Crippen LogP contribution in [0.3, 0.4) is 0 Å². The summed E-state index contributed by atoms with van der Waals surface area (Å²) < 4.78 is 0. The molecule has 100 valence electrons. The van der Waals surface area contributed by atoms with Gasteiger partial charge >= 0.3 is 0 Å². The molecule has 0 radical (unpaired) electrons. The van der Waals surface area contributed by atoms with Crippen LogP contribution in [-0.2, 0) is 6.42 Å². The first-order valence-electron chi connectivity index (χ1n) is 6.24. The van der Waals surface area contributed by atoms with E-state index in [1.165, 1.54) is 11.1 Å². The van der Waals surface area contributed by atoms with Crippen molar-refractivity contribution >= 4 is 23.2 Å². The lowest BCUT2D eigenvalue weighted by atomic mass is 9.96. The smallest absolute Gasteiger partial charge is 0.0453 e. The molecule has 2 rings (SSSR count). The molecule has 1 atom stereocenters. The summed E-state index contributed by atoms with van der Waals surface area (Å²) in [5.74, 6) is 0. The number of halogens is 2. The van der Waals surface area contributed by atoms with Crippen molar-refractivity contribution in [2.24, 2.45) is 5.73 Å². The highest BCUT2D eigenvalue weighted by molar-refractivity contribution is 6.36. The Morgan fingerprint density at radius 1 is 1.00 bits per heavy atom. The third kappa shape index (κ3) is 3.30. The number of hydrogen-bond acceptors (Lipinski definition) is 1. The highest BCUT2D eigenvalue weighted by atomic mass is 35.5. The molecule has 2 aromatic carbocycles. The maximum atomic E-state index is 6.27. The van der Waals surface area contributed by atoms with E-state index in [2.05, 4.69) is 32.0 Å². The molecule has 1 unspecified atom stereocenters. The minimum Gasteiger partial charge on any atom is -0.324 e. The van der Waals surface area contributed by atoms with E-state index in [4.69, 9.17) is 28.9 Å². The van der Waals surface area contributed by atoms with Gasteiger partial charge in [0.2, 0.25) is 0 Å². The molecule has 0 aliphatic heterocycles. The van der Waals surface area contributed by atoms with E-state index in [1.54, 1.807) is 0 Å². The van der Waals surface area contributed by atoms with Gasteiger partial charge in [-0.15, -0.1) is 0 Å². The Kier molecular flexibility index (Phi) is 4.51. The third-order valence-corrected chi connectivity index (χ3v) is 4.15. The second-order valence-corrected chi connectivity index (χ2v) is 5.67. The van der Waals surface area contributed by atoms with Crippen LogP contribution in [0.15, 0.2) is 36.4 Å². The summed E-state index contributed by atoms with van der Waals surface area (Å²) in [6.45, 7) is 4.18. The fraction of sp³-hybridized carbons (Fsp3) is 0.250. The highest BCUT2D eigenvalue weighted by Gasteiger charge is 2.12. The van der Waals surface area contributed by atoms with Crippen LogP contribution in [0.2, 0.25) is 10.0 Å². The Bertz CT molecular complexity index is 573.